The van der Waals surface area contributed by atoms with Crippen molar-refractivity contribution in [3.8, 4) is 33.4 Å². The number of fused-ring (bicyclic) bond motifs is 20. The van der Waals surface area contributed by atoms with Gasteiger partial charge in [0.1, 0.15) is 33.5 Å². The Hall–Kier alpha value is -12.3. The van der Waals surface area contributed by atoms with Crippen LogP contribution < -0.4 is 9.80 Å². The second-order valence-electron chi connectivity index (χ2n) is 25.5. The van der Waals surface area contributed by atoms with Crippen molar-refractivity contribution in [1.29, 1.82) is 0 Å². The molecule has 0 atom stereocenters. The van der Waals surface area contributed by atoms with Crippen molar-refractivity contribution in [2.24, 2.45) is 0 Å². The van der Waals surface area contributed by atoms with E-state index in [1.54, 1.807) is 0 Å². The van der Waals surface area contributed by atoms with Crippen LogP contribution in [0.4, 0.5) is 34.1 Å². The van der Waals surface area contributed by atoms with E-state index in [1.165, 1.54) is 68.0 Å². The summed E-state index contributed by atoms with van der Waals surface area (Å²) >= 11 is 3.64. The molecule has 5 nitrogen and oxygen atoms in total. The first kappa shape index (κ1) is 54.2. The number of rotatable bonds is 9. The normalized spacial score (nSPS) is 12.1. The number of hydrogen-bond donors (Lipinski definition) is 0. The molecule has 0 spiro atoms. The summed E-state index contributed by atoms with van der Waals surface area (Å²) in [5.74, 6) is 0. The smallest absolute Gasteiger partial charge is 0.144 e. The van der Waals surface area contributed by atoms with Gasteiger partial charge in [0.25, 0.3) is 0 Å². The zero-order valence-corrected chi connectivity index (χ0v) is 53.6. The Kier molecular flexibility index (Phi) is 11.8. The van der Waals surface area contributed by atoms with Gasteiger partial charge in [-0.15, -0.1) is 22.7 Å². The molecular formula is C90H52N2O3S2. The minimum atomic E-state index is 0.840. The maximum Gasteiger partial charge on any atom is 0.144 e. The standard InChI is InChI=1S/C90H52N2O3S2/c1-2-13-53(14-3-1)55-31-35-65(36-32-55)91(66-37-33-56(34-38-66)61-28-27-54-15-4-5-16-57(54)45-61)77-24-11-22-73-85-83(96-89(73)77)44-42-72-76-49-63-30-29-62(46-64(63)51-81(76)95-88(72)85)58-19-10-20-67(47-58)92(68-39-40-70-69-21-8-9-26-79(69)93-82(70)52-68)78-25-12-23-74-86-84(97-90(74)78)43-41-71-75-48-59-17-6-7-18-60(59)50-80(75)94-87(71)86/h1-52H. The van der Waals surface area contributed by atoms with Crippen LogP contribution in [0.2, 0.25) is 0 Å². The minimum Gasteiger partial charge on any atom is -0.456 e. The average molecular weight is 1270 g/mol. The Morgan fingerprint density at radius 1 is 0.216 bits per heavy atom. The van der Waals surface area contributed by atoms with Crippen molar-refractivity contribution in [3.05, 3.63) is 315 Å². The molecular weight excluding hydrogens is 1220 g/mol. The van der Waals surface area contributed by atoms with Gasteiger partial charge in [0.05, 0.1) is 20.8 Å². The molecule has 5 aromatic heterocycles. The zero-order valence-electron chi connectivity index (χ0n) is 52.0. The van der Waals surface area contributed by atoms with Crippen molar-refractivity contribution in [1.82, 2.24) is 0 Å². The molecule has 0 aliphatic heterocycles. The van der Waals surface area contributed by atoms with E-state index < -0.39 is 0 Å². The summed E-state index contributed by atoms with van der Waals surface area (Å²) in [5, 5.41) is 18.3. The van der Waals surface area contributed by atoms with Crippen LogP contribution in [0.5, 0.6) is 0 Å². The van der Waals surface area contributed by atoms with E-state index in [0.29, 0.717) is 0 Å². The van der Waals surface area contributed by atoms with Crippen molar-refractivity contribution >= 4 is 195 Å². The summed E-state index contributed by atoms with van der Waals surface area (Å²) in [6.07, 6.45) is 0. The van der Waals surface area contributed by atoms with E-state index in [4.69, 9.17) is 13.3 Å². The quantitative estimate of drug-likeness (QED) is 0.144. The molecule has 0 saturated carbocycles. The topological polar surface area (TPSA) is 45.9 Å². The predicted octanol–water partition coefficient (Wildman–Crippen LogP) is 27.5. The summed E-state index contributed by atoms with van der Waals surface area (Å²) in [4.78, 5) is 4.82. The first-order valence-corrected chi connectivity index (χ1v) is 34.5. The highest BCUT2D eigenvalue weighted by Gasteiger charge is 2.25. The fourth-order valence-electron chi connectivity index (χ4n) is 15.3. The van der Waals surface area contributed by atoms with Gasteiger partial charge in [0.2, 0.25) is 0 Å². The minimum absolute atomic E-state index is 0.840. The molecule has 0 bridgehead atoms. The van der Waals surface area contributed by atoms with Crippen LogP contribution in [0.3, 0.4) is 0 Å². The number of benzene rings is 16. The lowest BCUT2D eigenvalue weighted by molar-refractivity contribution is 0.669. The summed E-state index contributed by atoms with van der Waals surface area (Å²) in [5.41, 5.74) is 18.6. The number of para-hydroxylation sites is 1. The highest BCUT2D eigenvalue weighted by molar-refractivity contribution is 7.27. The van der Waals surface area contributed by atoms with Gasteiger partial charge in [-0.1, -0.05) is 182 Å². The van der Waals surface area contributed by atoms with Crippen LogP contribution in [-0.4, -0.2) is 0 Å². The molecule has 0 amide bonds. The number of anilines is 6. The fraction of sp³-hybridized carbons (Fsp3) is 0. The highest BCUT2D eigenvalue weighted by Crippen LogP contribution is 2.52. The van der Waals surface area contributed by atoms with Crippen molar-refractivity contribution in [2.75, 3.05) is 9.80 Å². The Morgan fingerprint density at radius 3 is 1.31 bits per heavy atom. The van der Waals surface area contributed by atoms with Gasteiger partial charge in [-0.25, -0.2) is 0 Å². The van der Waals surface area contributed by atoms with E-state index in [9.17, 15) is 0 Å². The summed E-state index contributed by atoms with van der Waals surface area (Å²) in [6, 6.07) is 115. The number of thiophene rings is 2. The highest BCUT2D eigenvalue weighted by atomic mass is 32.1. The van der Waals surface area contributed by atoms with E-state index >= 15 is 0 Å². The Balaban J connectivity index is 0.674. The Bertz CT molecular complexity index is 6830. The third kappa shape index (κ3) is 8.55. The molecule has 16 aromatic carbocycles. The summed E-state index contributed by atoms with van der Waals surface area (Å²) in [7, 11) is 0. The first-order valence-electron chi connectivity index (χ1n) is 32.8. The second-order valence-corrected chi connectivity index (χ2v) is 27.6. The van der Waals surface area contributed by atoms with E-state index in [-0.39, 0.29) is 0 Å². The third-order valence-electron chi connectivity index (χ3n) is 20.0. The number of nitrogens with zero attached hydrogens (tertiary/aromatic N) is 2. The molecule has 0 aliphatic carbocycles. The molecule has 0 saturated heterocycles. The van der Waals surface area contributed by atoms with Gasteiger partial charge < -0.3 is 23.1 Å². The van der Waals surface area contributed by atoms with Crippen LogP contribution >= 0.6 is 22.7 Å². The van der Waals surface area contributed by atoms with Crippen LogP contribution in [0.25, 0.3) is 172 Å². The van der Waals surface area contributed by atoms with Gasteiger partial charge in [-0.05, 0) is 193 Å². The molecule has 452 valence electrons. The fourth-order valence-corrected chi connectivity index (χ4v) is 17.7. The molecule has 97 heavy (non-hydrogen) atoms. The SMILES string of the molecule is c1ccc(-c2ccc(N(c3ccc(-c4ccc5ccccc5c4)cc3)c3cccc4c3sc3ccc5c6cc7ccc(-c8cccc(N(c9ccc%10c(c9)oc9ccccc9%10)c9cccc%10c9sc9ccc%11c%12cc%13ccccc%13cc%12oc%11c9%10)c8)cc7cc6oc5c34)cc2)cc1. The van der Waals surface area contributed by atoms with Crippen LogP contribution in [0.1, 0.15) is 0 Å². The Morgan fingerprint density at radius 2 is 0.639 bits per heavy atom. The molecule has 0 aliphatic rings. The summed E-state index contributed by atoms with van der Waals surface area (Å²) < 4.78 is 25.4. The average Bonchev–Trinajstić information content (AvgIpc) is 1.58. The summed E-state index contributed by atoms with van der Waals surface area (Å²) in [6.45, 7) is 0. The van der Waals surface area contributed by atoms with Crippen molar-refractivity contribution in [2.45, 2.75) is 0 Å². The van der Waals surface area contributed by atoms with Gasteiger partial charge in [0.15, 0.2) is 0 Å². The van der Waals surface area contributed by atoms with Crippen LogP contribution in [0, 0.1) is 0 Å². The Labute approximate surface area is 563 Å². The molecule has 0 fully saturated rings. The molecule has 0 N–H and O–H groups in total. The van der Waals surface area contributed by atoms with Gasteiger partial charge in [-0.2, -0.15) is 0 Å². The van der Waals surface area contributed by atoms with E-state index in [1.807, 2.05) is 34.8 Å². The third-order valence-corrected chi connectivity index (χ3v) is 22.3. The zero-order chi connectivity index (χ0) is 63.4. The molecule has 0 radical (unpaired) electrons. The molecule has 21 rings (SSSR count). The van der Waals surface area contributed by atoms with E-state index in [2.05, 4.69) is 313 Å². The van der Waals surface area contributed by atoms with Gasteiger partial charge in [-0.3, -0.25) is 0 Å². The van der Waals surface area contributed by atoms with Crippen molar-refractivity contribution < 1.29 is 13.3 Å². The second kappa shape index (κ2) is 21.1. The van der Waals surface area contributed by atoms with Crippen LogP contribution in [0.15, 0.2) is 329 Å². The lowest BCUT2D eigenvalue weighted by Gasteiger charge is -2.26. The van der Waals surface area contributed by atoms with Crippen molar-refractivity contribution in [3.63, 3.8) is 0 Å². The van der Waals surface area contributed by atoms with Gasteiger partial charge >= 0.3 is 0 Å². The van der Waals surface area contributed by atoms with E-state index in [0.717, 1.165) is 138 Å². The lowest BCUT2D eigenvalue weighted by atomic mass is 9.99. The largest absolute Gasteiger partial charge is 0.456 e. The van der Waals surface area contributed by atoms with Crippen LogP contribution in [-0.2, 0) is 0 Å². The monoisotopic (exact) mass is 1270 g/mol. The predicted molar refractivity (Wildman–Crippen MR) is 412 cm³/mol. The number of hydrogen-bond acceptors (Lipinski definition) is 7. The molecule has 5 heterocycles. The molecule has 7 heteroatoms. The molecule has 21 aromatic rings. The molecule has 0 unspecified atom stereocenters. The maximum absolute atomic E-state index is 7.18. The first-order chi connectivity index (χ1) is 48.0. The maximum atomic E-state index is 7.18. The van der Waals surface area contributed by atoms with Gasteiger partial charge in [0, 0.05) is 92.1 Å². The number of furan rings is 3. The lowest BCUT2D eigenvalue weighted by Crippen LogP contribution is -2.10.